The number of amides is 1. The summed E-state index contributed by atoms with van der Waals surface area (Å²) in [5, 5.41) is 16.2. The van der Waals surface area contributed by atoms with Gasteiger partial charge in [0.15, 0.2) is 0 Å². The van der Waals surface area contributed by atoms with Gasteiger partial charge in [0.1, 0.15) is 5.82 Å². The number of carboxylic acids is 1. The van der Waals surface area contributed by atoms with Crippen LogP contribution in [0.2, 0.25) is 0 Å². The lowest BCUT2D eigenvalue weighted by Crippen LogP contribution is -2.43. The molecule has 2 aromatic rings. The number of halogens is 1. The number of likely N-dealkylation sites (tertiary alicyclic amines) is 1. The molecular formula is C20H22FN3O4. The summed E-state index contributed by atoms with van der Waals surface area (Å²) >= 11 is 0. The highest BCUT2D eigenvalue weighted by Gasteiger charge is 2.41. The van der Waals surface area contributed by atoms with Gasteiger partial charge in [-0.25, -0.2) is 4.39 Å². The third kappa shape index (κ3) is 3.52. The minimum Gasteiger partial charge on any atom is -0.481 e. The molecule has 0 radical (unpaired) electrons. The van der Waals surface area contributed by atoms with E-state index in [9.17, 15) is 19.1 Å². The molecule has 1 aromatic carbocycles. The van der Waals surface area contributed by atoms with Gasteiger partial charge in [-0.15, -0.1) is 0 Å². The normalized spacial score (nSPS) is 23.1. The molecule has 1 amide bonds. The summed E-state index contributed by atoms with van der Waals surface area (Å²) in [5.41, 5.74) is 1.71. The summed E-state index contributed by atoms with van der Waals surface area (Å²) < 4.78 is 18.9. The molecule has 1 aromatic heterocycles. The van der Waals surface area contributed by atoms with Gasteiger partial charge in [0.25, 0.3) is 5.91 Å². The number of ether oxygens (including phenoxy) is 1. The van der Waals surface area contributed by atoms with Crippen molar-refractivity contribution < 1.29 is 23.8 Å². The van der Waals surface area contributed by atoms with E-state index in [2.05, 4.69) is 10.2 Å². The molecule has 3 heterocycles. The number of nitrogens with one attached hydrogen (secondary N) is 1. The second-order valence-corrected chi connectivity index (χ2v) is 7.36. The molecule has 4 rings (SSSR count). The van der Waals surface area contributed by atoms with Gasteiger partial charge in [-0.05, 0) is 49.4 Å². The second-order valence-electron chi connectivity index (χ2n) is 7.36. The first-order chi connectivity index (χ1) is 13.5. The van der Waals surface area contributed by atoms with Crippen molar-refractivity contribution in [2.24, 2.45) is 11.8 Å². The Kier molecular flexibility index (Phi) is 5.13. The summed E-state index contributed by atoms with van der Waals surface area (Å²) in [6, 6.07) is 5.90. The molecule has 0 aliphatic carbocycles. The maximum Gasteiger partial charge on any atom is 0.309 e. The number of rotatable bonds is 4. The van der Waals surface area contributed by atoms with Gasteiger partial charge in [-0.1, -0.05) is 0 Å². The van der Waals surface area contributed by atoms with E-state index in [4.69, 9.17) is 4.74 Å². The molecule has 8 heteroatoms. The van der Waals surface area contributed by atoms with E-state index < -0.39 is 11.9 Å². The average Bonchev–Trinajstić information content (AvgIpc) is 3.38. The molecule has 1 unspecified atom stereocenters. The van der Waals surface area contributed by atoms with Crippen LogP contribution in [0.3, 0.4) is 0 Å². The monoisotopic (exact) mass is 387 g/mol. The summed E-state index contributed by atoms with van der Waals surface area (Å²) in [5.74, 6) is -1.58. The predicted octanol–water partition coefficient (Wildman–Crippen LogP) is 2.56. The second kappa shape index (κ2) is 7.71. The fourth-order valence-corrected chi connectivity index (χ4v) is 4.23. The molecule has 148 valence electrons. The SMILES string of the molecule is O=C(O)C1CCO[C@H]1C1CCN(C(=O)c2cn[nH]c2-c2ccc(F)cc2)CC1. The van der Waals surface area contributed by atoms with Crippen LogP contribution in [0.4, 0.5) is 4.39 Å². The lowest BCUT2D eigenvalue weighted by molar-refractivity contribution is -0.145. The van der Waals surface area contributed by atoms with Crippen molar-refractivity contribution >= 4 is 11.9 Å². The van der Waals surface area contributed by atoms with Crippen LogP contribution in [0.25, 0.3) is 11.3 Å². The Morgan fingerprint density at radius 3 is 2.57 bits per heavy atom. The number of carbonyl (C=O) groups excluding carboxylic acids is 1. The Balaban J connectivity index is 1.43. The van der Waals surface area contributed by atoms with Crippen molar-refractivity contribution in [3.63, 3.8) is 0 Å². The van der Waals surface area contributed by atoms with Gasteiger partial charge in [0.2, 0.25) is 0 Å². The van der Waals surface area contributed by atoms with Crippen molar-refractivity contribution in [1.82, 2.24) is 15.1 Å². The van der Waals surface area contributed by atoms with Crippen LogP contribution >= 0.6 is 0 Å². The van der Waals surface area contributed by atoms with Crippen LogP contribution in [-0.4, -0.2) is 57.9 Å². The number of hydrogen-bond donors (Lipinski definition) is 2. The highest BCUT2D eigenvalue weighted by atomic mass is 19.1. The number of piperidine rings is 1. The molecule has 2 saturated heterocycles. The Hall–Kier alpha value is -2.74. The van der Waals surface area contributed by atoms with Gasteiger partial charge < -0.3 is 14.7 Å². The predicted molar refractivity (Wildman–Crippen MR) is 98.1 cm³/mol. The van der Waals surface area contributed by atoms with Crippen molar-refractivity contribution in [2.45, 2.75) is 25.4 Å². The maximum absolute atomic E-state index is 13.2. The molecule has 2 N–H and O–H groups in total. The van der Waals surface area contributed by atoms with E-state index >= 15 is 0 Å². The third-order valence-corrected chi connectivity index (χ3v) is 5.75. The van der Waals surface area contributed by atoms with Crippen LogP contribution in [0.15, 0.2) is 30.5 Å². The van der Waals surface area contributed by atoms with Crippen LogP contribution in [-0.2, 0) is 9.53 Å². The van der Waals surface area contributed by atoms with E-state index in [0.717, 1.165) is 0 Å². The summed E-state index contributed by atoms with van der Waals surface area (Å²) in [4.78, 5) is 26.1. The van der Waals surface area contributed by atoms with Crippen molar-refractivity contribution in [2.75, 3.05) is 19.7 Å². The van der Waals surface area contributed by atoms with Gasteiger partial charge in [0.05, 0.1) is 29.5 Å². The number of nitrogens with zero attached hydrogens (tertiary/aromatic N) is 2. The van der Waals surface area contributed by atoms with E-state index in [1.54, 1.807) is 17.0 Å². The van der Waals surface area contributed by atoms with E-state index in [1.165, 1.54) is 18.3 Å². The molecule has 0 spiro atoms. The molecule has 7 nitrogen and oxygen atoms in total. The molecular weight excluding hydrogens is 365 g/mol. The van der Waals surface area contributed by atoms with Crippen LogP contribution in [0, 0.1) is 17.7 Å². The molecule has 2 aliphatic rings. The van der Waals surface area contributed by atoms with Gasteiger partial charge in [0, 0.05) is 25.3 Å². The van der Waals surface area contributed by atoms with E-state index in [-0.39, 0.29) is 23.7 Å². The Morgan fingerprint density at radius 1 is 1.18 bits per heavy atom. The number of aliphatic carboxylic acids is 1. The number of hydrogen-bond acceptors (Lipinski definition) is 4. The van der Waals surface area contributed by atoms with E-state index in [1.807, 2.05) is 0 Å². The number of aromatic nitrogens is 2. The van der Waals surface area contributed by atoms with Gasteiger partial charge in [-0.3, -0.25) is 14.7 Å². The van der Waals surface area contributed by atoms with Gasteiger partial charge in [-0.2, -0.15) is 5.10 Å². The molecule has 0 bridgehead atoms. The number of benzene rings is 1. The molecule has 2 atom stereocenters. The Bertz CT molecular complexity index is 859. The first-order valence-corrected chi connectivity index (χ1v) is 9.47. The van der Waals surface area contributed by atoms with E-state index in [0.29, 0.717) is 55.8 Å². The highest BCUT2D eigenvalue weighted by molar-refractivity contribution is 5.99. The third-order valence-electron chi connectivity index (χ3n) is 5.75. The molecule has 2 aliphatic heterocycles. The quantitative estimate of drug-likeness (QED) is 0.841. The first kappa shape index (κ1) is 18.6. The summed E-state index contributed by atoms with van der Waals surface area (Å²) in [7, 11) is 0. The number of carbonyl (C=O) groups is 2. The maximum atomic E-state index is 13.2. The molecule has 2 fully saturated rings. The molecule has 28 heavy (non-hydrogen) atoms. The fraction of sp³-hybridized carbons (Fsp3) is 0.450. The van der Waals surface area contributed by atoms with Crippen LogP contribution in [0.5, 0.6) is 0 Å². The van der Waals surface area contributed by atoms with Crippen molar-refractivity contribution in [3.05, 3.63) is 41.8 Å². The number of carboxylic acid groups (broad SMARTS) is 1. The Morgan fingerprint density at radius 2 is 1.89 bits per heavy atom. The van der Waals surface area contributed by atoms with Gasteiger partial charge >= 0.3 is 5.97 Å². The minimum atomic E-state index is -0.802. The van der Waals surface area contributed by atoms with Crippen LogP contribution in [0.1, 0.15) is 29.6 Å². The zero-order valence-corrected chi connectivity index (χ0v) is 15.3. The number of H-pyrrole nitrogens is 1. The fourth-order valence-electron chi connectivity index (χ4n) is 4.23. The standard InChI is InChI=1S/C20H22FN3O4/c21-14-3-1-12(2-4-14)17-16(11-22-23-17)19(25)24-8-5-13(6-9-24)18-15(20(26)27)7-10-28-18/h1-4,11,13,15,18H,5-10H2,(H,22,23)(H,26,27)/t15?,18-/m0/s1. The van der Waals surface area contributed by atoms with Crippen molar-refractivity contribution in [3.8, 4) is 11.3 Å². The zero-order chi connectivity index (χ0) is 19.7. The topological polar surface area (TPSA) is 95.5 Å². The smallest absolute Gasteiger partial charge is 0.309 e. The largest absolute Gasteiger partial charge is 0.481 e. The Labute approximate surface area is 161 Å². The highest BCUT2D eigenvalue weighted by Crippen LogP contribution is 2.34. The lowest BCUT2D eigenvalue weighted by atomic mass is 9.84. The lowest BCUT2D eigenvalue weighted by Gasteiger charge is -2.35. The summed E-state index contributed by atoms with van der Waals surface area (Å²) in [6.45, 7) is 1.57. The first-order valence-electron chi connectivity index (χ1n) is 9.47. The summed E-state index contributed by atoms with van der Waals surface area (Å²) in [6.07, 6.45) is 3.20. The average molecular weight is 387 g/mol. The van der Waals surface area contributed by atoms with Crippen LogP contribution < -0.4 is 0 Å². The number of aromatic amines is 1. The molecule has 0 saturated carbocycles. The zero-order valence-electron chi connectivity index (χ0n) is 15.3. The van der Waals surface area contributed by atoms with Crippen molar-refractivity contribution in [1.29, 1.82) is 0 Å². The minimum absolute atomic E-state index is 0.131.